The Labute approximate surface area is 136 Å². The third kappa shape index (κ3) is 4.57. The summed E-state index contributed by atoms with van der Waals surface area (Å²) in [5.41, 5.74) is 1.13. The molecule has 11 heteroatoms. The van der Waals surface area contributed by atoms with E-state index < -0.39 is 27.9 Å². The standard InChI is InChI=1S/C12H11B3F2O5S/c13-3-7-1-8(4-14)10(5-15)9(2-7)11(18)22-6-12(16,17)23(19,20)21/h1-2H,3-6H2,(H,19,20,21). The van der Waals surface area contributed by atoms with Crippen LogP contribution < -0.4 is 0 Å². The molecule has 6 radical (unpaired) electrons. The number of carbonyl (C=O) groups is 1. The normalized spacial score (nSPS) is 12.1. The number of ether oxygens (including phenoxy) is 1. The quantitative estimate of drug-likeness (QED) is 0.440. The predicted octanol–water partition coefficient (Wildman–Crippen LogP) is 0.330. The number of rotatable bonds is 7. The highest BCUT2D eigenvalue weighted by molar-refractivity contribution is 7.86. The van der Waals surface area contributed by atoms with Gasteiger partial charge in [-0.05, 0) is 11.6 Å². The summed E-state index contributed by atoms with van der Waals surface area (Å²) in [4.78, 5) is 12.0. The van der Waals surface area contributed by atoms with Crippen LogP contribution in [0.5, 0.6) is 0 Å². The number of carbonyl (C=O) groups excluding carboxylic acids is 1. The van der Waals surface area contributed by atoms with E-state index >= 15 is 0 Å². The maximum atomic E-state index is 13.1. The molecule has 0 atom stereocenters. The Balaban J connectivity index is 3.13. The number of hydrogen-bond acceptors (Lipinski definition) is 4. The lowest BCUT2D eigenvalue weighted by atomic mass is 9.81. The van der Waals surface area contributed by atoms with Crippen LogP contribution in [-0.4, -0.2) is 54.3 Å². The van der Waals surface area contributed by atoms with Crippen LogP contribution in [0.15, 0.2) is 12.1 Å². The molecule has 1 aromatic rings. The van der Waals surface area contributed by atoms with Gasteiger partial charge < -0.3 is 4.74 Å². The summed E-state index contributed by atoms with van der Waals surface area (Å²) in [5, 5.41) is -4.62. The molecule has 0 spiro atoms. The Morgan fingerprint density at radius 2 is 1.78 bits per heavy atom. The fraction of sp³-hybridized carbons (Fsp3) is 0.417. The fourth-order valence-electron chi connectivity index (χ4n) is 1.82. The van der Waals surface area contributed by atoms with Crippen molar-refractivity contribution in [2.75, 3.05) is 6.61 Å². The zero-order valence-corrected chi connectivity index (χ0v) is 12.8. The van der Waals surface area contributed by atoms with Crippen LogP contribution in [0.25, 0.3) is 0 Å². The van der Waals surface area contributed by atoms with Gasteiger partial charge >= 0.3 is 21.3 Å². The lowest BCUT2D eigenvalue weighted by Gasteiger charge is -2.17. The Morgan fingerprint density at radius 1 is 1.17 bits per heavy atom. The van der Waals surface area contributed by atoms with Crippen molar-refractivity contribution in [2.45, 2.75) is 24.2 Å². The van der Waals surface area contributed by atoms with Crippen LogP contribution in [0.4, 0.5) is 8.78 Å². The van der Waals surface area contributed by atoms with Gasteiger partial charge in [0, 0.05) is 0 Å². The summed E-state index contributed by atoms with van der Waals surface area (Å²) in [6, 6.07) is 2.92. The van der Waals surface area contributed by atoms with Gasteiger partial charge in [0.2, 0.25) is 0 Å². The second-order valence-electron chi connectivity index (χ2n) is 4.58. The number of alkyl halides is 2. The van der Waals surface area contributed by atoms with Crippen LogP contribution in [0.1, 0.15) is 27.0 Å². The molecule has 0 aliphatic carbocycles. The van der Waals surface area contributed by atoms with Gasteiger partial charge in [0.25, 0.3) is 0 Å². The first-order valence-electron chi connectivity index (χ1n) is 6.34. The van der Waals surface area contributed by atoms with Gasteiger partial charge in [-0.25, -0.2) is 4.79 Å². The Bertz CT molecular complexity index is 694. The van der Waals surface area contributed by atoms with Gasteiger partial charge in [0.15, 0.2) is 6.61 Å². The highest BCUT2D eigenvalue weighted by atomic mass is 32.2. The number of hydrogen-bond donors (Lipinski definition) is 1. The van der Waals surface area contributed by atoms with Crippen molar-refractivity contribution in [1.29, 1.82) is 0 Å². The van der Waals surface area contributed by atoms with Gasteiger partial charge in [0.1, 0.15) is 0 Å². The van der Waals surface area contributed by atoms with E-state index in [-0.39, 0.29) is 30.1 Å². The smallest absolute Gasteiger partial charge is 0.402 e. The molecular formula is C12H11B3F2O5S. The van der Waals surface area contributed by atoms with E-state index in [2.05, 4.69) is 4.74 Å². The molecule has 1 aromatic carbocycles. The van der Waals surface area contributed by atoms with E-state index in [1.54, 1.807) is 6.07 Å². The Hall–Kier alpha value is -1.35. The third-order valence-electron chi connectivity index (χ3n) is 3.03. The summed E-state index contributed by atoms with van der Waals surface area (Å²) in [7, 11) is 10.8. The molecular weight excluding hydrogens is 327 g/mol. The molecule has 23 heavy (non-hydrogen) atoms. The number of benzene rings is 1. The zero-order valence-electron chi connectivity index (χ0n) is 12.0. The van der Waals surface area contributed by atoms with E-state index in [9.17, 15) is 22.0 Å². The highest BCUT2D eigenvalue weighted by Crippen LogP contribution is 2.23. The summed E-state index contributed by atoms with van der Waals surface area (Å²) in [6.07, 6.45) is -0.0301. The van der Waals surface area contributed by atoms with Gasteiger partial charge in [-0.1, -0.05) is 36.2 Å². The van der Waals surface area contributed by atoms with Crippen molar-refractivity contribution in [3.05, 3.63) is 34.4 Å². The first-order chi connectivity index (χ1) is 10.6. The SMILES string of the molecule is [B]Cc1cc(C[B])c(C[B])c(C(=O)OCC(F)(F)S(=O)(=O)O)c1. The first-order valence-corrected chi connectivity index (χ1v) is 7.78. The van der Waals surface area contributed by atoms with E-state index in [0.29, 0.717) is 11.1 Å². The average Bonchev–Trinajstić information content (AvgIpc) is 2.49. The van der Waals surface area contributed by atoms with Crippen molar-refractivity contribution in [3.63, 3.8) is 0 Å². The minimum Gasteiger partial charge on any atom is -0.454 e. The molecule has 0 amide bonds. The first kappa shape index (κ1) is 19.7. The molecule has 5 nitrogen and oxygen atoms in total. The number of esters is 1. The van der Waals surface area contributed by atoms with Crippen molar-refractivity contribution >= 4 is 39.6 Å². The van der Waals surface area contributed by atoms with Crippen LogP contribution in [0, 0.1) is 0 Å². The molecule has 0 aliphatic rings. The van der Waals surface area contributed by atoms with Gasteiger partial charge in [-0.3, -0.25) is 4.55 Å². The van der Waals surface area contributed by atoms with E-state index in [1.165, 1.54) is 6.07 Å². The molecule has 118 valence electrons. The maximum Gasteiger partial charge on any atom is 0.402 e. The van der Waals surface area contributed by atoms with Crippen molar-refractivity contribution in [2.24, 2.45) is 0 Å². The Kier molecular flexibility index (Phi) is 6.41. The molecule has 1 rings (SSSR count). The third-order valence-corrected chi connectivity index (χ3v) is 3.90. The molecule has 0 saturated heterocycles. The monoisotopic (exact) mass is 338 g/mol. The van der Waals surface area contributed by atoms with E-state index in [4.69, 9.17) is 28.1 Å². The second-order valence-corrected chi connectivity index (χ2v) is 6.13. The molecule has 0 bridgehead atoms. The van der Waals surface area contributed by atoms with Gasteiger partial charge in [-0.15, -0.1) is 0 Å². The number of halogens is 2. The predicted molar refractivity (Wildman–Crippen MR) is 81.6 cm³/mol. The molecule has 0 saturated carbocycles. The maximum absolute atomic E-state index is 13.1. The van der Waals surface area contributed by atoms with E-state index in [1.807, 2.05) is 0 Å². The van der Waals surface area contributed by atoms with Crippen LogP contribution >= 0.6 is 0 Å². The largest absolute Gasteiger partial charge is 0.454 e. The second kappa shape index (κ2) is 7.48. The lowest BCUT2D eigenvalue weighted by molar-refractivity contribution is -0.00957. The van der Waals surface area contributed by atoms with Crippen molar-refractivity contribution < 1.29 is 31.3 Å². The summed E-state index contributed by atoms with van der Waals surface area (Å²) >= 11 is 0. The summed E-state index contributed by atoms with van der Waals surface area (Å²) in [6.45, 7) is -1.83. The van der Waals surface area contributed by atoms with Crippen LogP contribution in [-0.2, 0) is 33.8 Å². The molecule has 0 unspecified atom stereocenters. The van der Waals surface area contributed by atoms with Gasteiger partial charge in [-0.2, -0.15) is 17.2 Å². The summed E-state index contributed by atoms with van der Waals surface area (Å²) < 4.78 is 59.8. The van der Waals surface area contributed by atoms with E-state index in [0.717, 1.165) is 0 Å². The molecule has 0 heterocycles. The average molecular weight is 338 g/mol. The highest BCUT2D eigenvalue weighted by Gasteiger charge is 2.45. The zero-order chi connectivity index (χ0) is 17.8. The van der Waals surface area contributed by atoms with Gasteiger partial charge in [0.05, 0.1) is 29.1 Å². The van der Waals surface area contributed by atoms with Crippen LogP contribution in [0.3, 0.4) is 0 Å². The summed E-state index contributed by atoms with van der Waals surface area (Å²) in [5.74, 6) is -1.22. The molecule has 0 aromatic heterocycles. The minimum atomic E-state index is -5.70. The van der Waals surface area contributed by atoms with Crippen molar-refractivity contribution in [1.82, 2.24) is 0 Å². The lowest BCUT2D eigenvalue weighted by Crippen LogP contribution is -2.34. The molecule has 0 aliphatic heterocycles. The Morgan fingerprint density at radius 3 is 2.22 bits per heavy atom. The minimum absolute atomic E-state index is 0.0296. The topological polar surface area (TPSA) is 80.7 Å². The fourth-order valence-corrected chi connectivity index (χ4v) is 2.03. The molecule has 1 N–H and O–H groups in total. The van der Waals surface area contributed by atoms with Crippen LogP contribution in [0.2, 0.25) is 0 Å². The molecule has 0 fully saturated rings. The van der Waals surface area contributed by atoms with Crippen molar-refractivity contribution in [3.8, 4) is 0 Å².